The molecule has 4 heteroatoms. The normalized spacial score (nSPS) is 15.1. The molecule has 2 radical (unpaired) electrons. The van der Waals surface area contributed by atoms with Gasteiger partial charge in [0.1, 0.15) is 0 Å². The smallest absolute Gasteiger partial charge is 0 e. The largest absolute Gasteiger partial charge is 0 e. The molecule has 102 valence electrons. The molecule has 0 amide bonds. The van der Waals surface area contributed by atoms with Gasteiger partial charge in [-0.25, -0.2) is 0 Å². The zero-order chi connectivity index (χ0) is 14.3. The Morgan fingerprint density at radius 1 is 0.833 bits per heavy atom. The summed E-state index contributed by atoms with van der Waals surface area (Å²) >= 11 is 0. The van der Waals surface area contributed by atoms with E-state index in [9.17, 15) is 0 Å². The van der Waals surface area contributed by atoms with Crippen molar-refractivity contribution in [2.24, 2.45) is 10.8 Å². The number of hydrogen-bond donors (Lipinski definition) is 0. The van der Waals surface area contributed by atoms with Crippen LogP contribution in [0.1, 0.15) is 41.5 Å². The third kappa shape index (κ3) is 8.08. The quantitative estimate of drug-likeness (QED) is 0.365. The van der Waals surface area contributed by atoms with E-state index in [4.69, 9.17) is 9.30 Å². The van der Waals surface area contributed by atoms with Gasteiger partial charge in [0, 0.05) is 16.8 Å². The molecule has 1 heterocycles. The SMILES string of the molecule is CC(C)(C)[C]1C=CC(C(C)(C)C)=P1.[C-]#[O+].[C-]#[O+].[Co]. The van der Waals surface area contributed by atoms with Crippen LogP contribution in [0.4, 0.5) is 0 Å². The molecule has 0 aliphatic carbocycles. The van der Waals surface area contributed by atoms with E-state index >= 15 is 0 Å². The number of allylic oxidation sites excluding steroid dienone is 2. The first-order valence-electron chi connectivity index (χ1n) is 5.27. The molecule has 1 aliphatic rings. The third-order valence-corrected chi connectivity index (χ3v) is 4.30. The number of hydrogen-bond acceptors (Lipinski definition) is 0. The standard InChI is InChI=1S/C12H20P.2CO.Co/c1-11(2,3)9-7-8-10(13-9)12(4,5)6;2*1-2;/h7-8H,1-6H3;;;. The van der Waals surface area contributed by atoms with Crippen LogP contribution in [0.2, 0.25) is 0 Å². The summed E-state index contributed by atoms with van der Waals surface area (Å²) in [7, 11) is 1.43. The van der Waals surface area contributed by atoms with Crippen molar-refractivity contribution in [3.63, 3.8) is 0 Å². The fourth-order valence-electron chi connectivity index (χ4n) is 1.20. The van der Waals surface area contributed by atoms with Gasteiger partial charge in [0.25, 0.3) is 0 Å². The van der Waals surface area contributed by atoms with Crippen LogP contribution >= 0.6 is 8.20 Å². The van der Waals surface area contributed by atoms with Gasteiger partial charge in [-0.2, -0.15) is 0 Å². The minimum atomic E-state index is 0. The van der Waals surface area contributed by atoms with Crippen molar-refractivity contribution in [2.45, 2.75) is 41.5 Å². The fourth-order valence-corrected chi connectivity index (χ4v) is 2.43. The second-order valence-corrected chi connectivity index (χ2v) is 6.90. The van der Waals surface area contributed by atoms with Crippen molar-refractivity contribution in [3.8, 4) is 0 Å². The summed E-state index contributed by atoms with van der Waals surface area (Å²) in [5.74, 6) is 0. The first-order chi connectivity index (χ1) is 7.71. The van der Waals surface area contributed by atoms with Crippen LogP contribution in [0.25, 0.3) is 0 Å². The topological polar surface area (TPSA) is 39.8 Å². The molecule has 0 N–H and O–H groups in total. The molecule has 0 unspecified atom stereocenters. The van der Waals surface area contributed by atoms with Crippen molar-refractivity contribution in [1.82, 2.24) is 0 Å². The molecule has 0 aromatic carbocycles. The van der Waals surface area contributed by atoms with E-state index in [1.54, 1.807) is 0 Å². The summed E-state index contributed by atoms with van der Waals surface area (Å²) in [6, 6.07) is 0. The second-order valence-electron chi connectivity index (χ2n) is 5.72. The summed E-state index contributed by atoms with van der Waals surface area (Å²) in [5, 5.41) is 1.54. The molecule has 0 spiro atoms. The van der Waals surface area contributed by atoms with Gasteiger partial charge in [-0.15, -0.1) is 0 Å². The van der Waals surface area contributed by atoms with Crippen LogP contribution in [-0.4, -0.2) is 5.29 Å². The van der Waals surface area contributed by atoms with Gasteiger partial charge in [-0.05, 0) is 16.1 Å². The van der Waals surface area contributed by atoms with Crippen LogP contribution < -0.4 is 0 Å². The van der Waals surface area contributed by atoms with Crippen molar-refractivity contribution < 1.29 is 26.1 Å². The van der Waals surface area contributed by atoms with Gasteiger partial charge < -0.3 is 0 Å². The van der Waals surface area contributed by atoms with E-state index < -0.39 is 0 Å². The predicted molar refractivity (Wildman–Crippen MR) is 71.1 cm³/mol. The van der Waals surface area contributed by atoms with Gasteiger partial charge in [-0.1, -0.05) is 61.9 Å². The van der Waals surface area contributed by atoms with Crippen molar-refractivity contribution >= 4 is 13.5 Å². The molecule has 0 aromatic rings. The zero-order valence-electron chi connectivity index (χ0n) is 11.8. The first kappa shape index (κ1) is 23.0. The maximum atomic E-state index is 7.50. The molecular weight excluding hydrogens is 290 g/mol. The van der Waals surface area contributed by atoms with Crippen molar-refractivity contribution in [2.75, 3.05) is 0 Å². The summed E-state index contributed by atoms with van der Waals surface area (Å²) in [5.41, 5.74) is 2.19. The van der Waals surface area contributed by atoms with E-state index in [2.05, 4.69) is 67.0 Å². The summed E-state index contributed by atoms with van der Waals surface area (Å²) in [4.78, 5) is 0. The Morgan fingerprint density at radius 3 is 1.39 bits per heavy atom. The zero-order valence-corrected chi connectivity index (χ0v) is 13.7. The van der Waals surface area contributed by atoms with E-state index in [-0.39, 0.29) is 16.8 Å². The Bertz CT molecular complexity index is 321. The second kappa shape index (κ2) is 9.78. The van der Waals surface area contributed by atoms with Crippen LogP contribution in [-0.2, 0) is 26.1 Å². The molecule has 1 rings (SSSR count). The molecule has 1 aliphatic heterocycles. The Labute approximate surface area is 123 Å². The third-order valence-electron chi connectivity index (χ3n) is 2.18. The molecule has 18 heavy (non-hydrogen) atoms. The van der Waals surface area contributed by atoms with E-state index in [1.165, 1.54) is 19.2 Å². The molecule has 0 atom stereocenters. The maximum Gasteiger partial charge on any atom is 0 e. The summed E-state index contributed by atoms with van der Waals surface area (Å²) in [6.45, 7) is 22.7. The van der Waals surface area contributed by atoms with E-state index in [1.807, 2.05) is 0 Å². The van der Waals surface area contributed by atoms with Crippen LogP contribution in [0.15, 0.2) is 12.2 Å². The Balaban J connectivity index is -0.000000409. The van der Waals surface area contributed by atoms with Crippen LogP contribution in [0.3, 0.4) is 0 Å². The van der Waals surface area contributed by atoms with Gasteiger partial charge in [0.15, 0.2) is 0 Å². The molecule has 0 saturated heterocycles. The van der Waals surface area contributed by atoms with E-state index in [0.29, 0.717) is 10.8 Å². The van der Waals surface area contributed by atoms with E-state index in [0.717, 1.165) is 0 Å². The van der Waals surface area contributed by atoms with Crippen LogP contribution in [0.5, 0.6) is 0 Å². The monoisotopic (exact) mass is 310 g/mol. The van der Waals surface area contributed by atoms with Gasteiger partial charge >= 0.3 is 22.6 Å². The van der Waals surface area contributed by atoms with Crippen LogP contribution in [0, 0.1) is 29.8 Å². The molecule has 2 nitrogen and oxygen atoms in total. The van der Waals surface area contributed by atoms with Crippen molar-refractivity contribution in [3.05, 3.63) is 31.1 Å². The van der Waals surface area contributed by atoms with Gasteiger partial charge in [0.05, 0.1) is 5.66 Å². The van der Waals surface area contributed by atoms with Gasteiger partial charge in [-0.3, -0.25) is 0 Å². The summed E-state index contributed by atoms with van der Waals surface area (Å²) < 4.78 is 15.0. The molecule has 0 fully saturated rings. The van der Waals surface area contributed by atoms with Crippen molar-refractivity contribution in [1.29, 1.82) is 0 Å². The van der Waals surface area contributed by atoms with Gasteiger partial charge in [0.2, 0.25) is 0 Å². The summed E-state index contributed by atoms with van der Waals surface area (Å²) in [6.07, 6.45) is 4.59. The minimum Gasteiger partial charge on any atom is 0 e. The predicted octanol–water partition coefficient (Wildman–Crippen LogP) is 4.22. The minimum absolute atomic E-state index is 0. The Morgan fingerprint density at radius 2 is 1.22 bits per heavy atom. The molecule has 0 aromatic heterocycles. The molecular formula is C14H20CoO2P. The number of rotatable bonds is 0. The average Bonchev–Trinajstić information content (AvgIpc) is 2.71. The maximum absolute atomic E-state index is 7.50. The molecule has 0 bridgehead atoms. The Hall–Kier alpha value is -0.104. The fraction of sp³-hybridized carbons (Fsp3) is 0.571. The Kier molecular flexibility index (Phi) is 12.5. The average molecular weight is 310 g/mol. The molecule has 0 saturated carbocycles. The first-order valence-corrected chi connectivity index (χ1v) is 6.16.